The summed E-state index contributed by atoms with van der Waals surface area (Å²) in [5.74, 6) is 0. The van der Waals surface area contributed by atoms with Gasteiger partial charge < -0.3 is 15.3 Å². The van der Waals surface area contributed by atoms with Gasteiger partial charge in [0.2, 0.25) is 0 Å². The van der Waals surface area contributed by atoms with Gasteiger partial charge in [-0.3, -0.25) is 9.11 Å². The monoisotopic (exact) mass is 312 g/mol. The van der Waals surface area contributed by atoms with Gasteiger partial charge in [-0.05, 0) is 0 Å². The van der Waals surface area contributed by atoms with Crippen LogP contribution in [-0.2, 0) is 10.4 Å². The molecule has 11 heavy (non-hydrogen) atoms. The van der Waals surface area contributed by atoms with Crippen LogP contribution in [0.3, 0.4) is 0 Å². The van der Waals surface area contributed by atoms with Crippen molar-refractivity contribution in [3.8, 4) is 0 Å². The van der Waals surface area contributed by atoms with Crippen molar-refractivity contribution in [1.82, 2.24) is 0 Å². The van der Waals surface area contributed by atoms with Crippen LogP contribution in [0.4, 0.5) is 0 Å². The van der Waals surface area contributed by atoms with Gasteiger partial charge >= 0.3 is 34.3 Å². The Balaban J connectivity index is -0.0000000383. The molecule has 68 valence electrons. The van der Waals surface area contributed by atoms with Crippen molar-refractivity contribution in [3.63, 3.8) is 0 Å². The third-order valence-corrected chi connectivity index (χ3v) is 0. The molecule has 2 N–H and O–H groups in total. The average molecular weight is 311 g/mol. The minimum absolute atomic E-state index is 0. The van der Waals surface area contributed by atoms with E-state index in [2.05, 4.69) is 0 Å². The van der Waals surface area contributed by atoms with E-state index in [0.29, 0.717) is 0 Å². The fraction of sp³-hybridized carbons (Fsp3) is 0. The summed E-state index contributed by atoms with van der Waals surface area (Å²) in [6.07, 6.45) is 0. The molecule has 0 amide bonds. The second kappa shape index (κ2) is 10.4. The molecular formula is H7AlNO7SSn-. The third kappa shape index (κ3) is 4560. The number of hydrogen-bond acceptors (Lipinski definition) is 5. The van der Waals surface area contributed by atoms with Crippen molar-refractivity contribution >= 4 is 51.7 Å². The van der Waals surface area contributed by atoms with Crippen LogP contribution < -0.4 is 0 Å². The molecule has 0 aliphatic heterocycles. The van der Waals surface area contributed by atoms with Crippen LogP contribution in [0.2, 0.25) is 0 Å². The van der Waals surface area contributed by atoms with Crippen LogP contribution in [0, 0.1) is 15.3 Å². The molecule has 8 nitrogen and oxygen atoms in total. The van der Waals surface area contributed by atoms with Gasteiger partial charge in [-0.25, -0.2) is 0 Å². The van der Waals surface area contributed by atoms with E-state index >= 15 is 0 Å². The van der Waals surface area contributed by atoms with Crippen LogP contribution in [0.1, 0.15) is 0 Å². The summed E-state index contributed by atoms with van der Waals surface area (Å²) in [5.41, 5.74) is 0. The van der Waals surface area contributed by atoms with E-state index in [1.807, 2.05) is 0 Å². The van der Waals surface area contributed by atoms with E-state index < -0.39 is 15.5 Å². The molecule has 0 aromatic carbocycles. The molecule has 0 aromatic rings. The Morgan fingerprint density at radius 3 is 1.18 bits per heavy atom. The van der Waals surface area contributed by atoms with Crippen molar-refractivity contribution in [3.05, 3.63) is 15.3 Å². The molecule has 0 aliphatic rings. The SMILES string of the molecule is O=S(=O)(O)O.O=[N+]([O-])[O-].[AlH3].[SnH2]. The van der Waals surface area contributed by atoms with E-state index in [1.54, 1.807) is 0 Å². The first-order valence-corrected chi connectivity index (χ1v) is 2.64. The van der Waals surface area contributed by atoms with E-state index in [4.69, 9.17) is 32.8 Å². The molecule has 0 fully saturated rings. The van der Waals surface area contributed by atoms with Gasteiger partial charge in [0.05, 0.1) is 5.09 Å². The maximum absolute atomic E-state index is 8.74. The van der Waals surface area contributed by atoms with Crippen LogP contribution in [-0.4, -0.2) is 63.9 Å². The van der Waals surface area contributed by atoms with Crippen LogP contribution in [0.15, 0.2) is 0 Å². The Morgan fingerprint density at radius 1 is 1.18 bits per heavy atom. The first kappa shape index (κ1) is 22.5. The van der Waals surface area contributed by atoms with Crippen molar-refractivity contribution in [2.24, 2.45) is 0 Å². The van der Waals surface area contributed by atoms with Gasteiger partial charge in [0, 0.05) is 0 Å². The summed E-state index contributed by atoms with van der Waals surface area (Å²) in [7, 11) is -4.67. The molecule has 0 aromatic heterocycles. The fourth-order valence-corrected chi connectivity index (χ4v) is 0. The topological polar surface area (TPSA) is 141 Å². The van der Waals surface area contributed by atoms with Crippen LogP contribution in [0.25, 0.3) is 0 Å². The zero-order valence-corrected chi connectivity index (χ0v) is 9.35. The standard InChI is InChI=1S/Al.NO3.H2O4S.Sn.5H/c;2-1(3)4;1-5(2,3)4;;;;;;/h;;(H2,1,2,3,4);;;;;;/q;-1;;;;;;;. The van der Waals surface area contributed by atoms with Gasteiger partial charge in [0.15, 0.2) is 17.4 Å². The quantitative estimate of drug-likeness (QED) is 0.210. The Labute approximate surface area is 89.4 Å². The second-order valence-corrected chi connectivity index (χ2v) is 1.57. The predicted octanol–water partition coefficient (Wildman–Crippen LogP) is -2.99. The first-order chi connectivity index (χ1) is 3.73. The van der Waals surface area contributed by atoms with Gasteiger partial charge in [0.1, 0.15) is 0 Å². The number of rotatable bonds is 0. The van der Waals surface area contributed by atoms with Crippen molar-refractivity contribution in [2.45, 2.75) is 0 Å². The summed E-state index contributed by atoms with van der Waals surface area (Å²) < 4.78 is 31.6. The van der Waals surface area contributed by atoms with Crippen LogP contribution in [0.5, 0.6) is 0 Å². The van der Waals surface area contributed by atoms with Gasteiger partial charge in [-0.2, -0.15) is 8.42 Å². The molecule has 0 spiro atoms. The maximum atomic E-state index is 8.74. The minimum atomic E-state index is -4.67. The number of hydrogen-bond donors (Lipinski definition) is 2. The van der Waals surface area contributed by atoms with E-state index in [9.17, 15) is 0 Å². The number of nitrogens with zero attached hydrogens (tertiary/aromatic N) is 1. The van der Waals surface area contributed by atoms with E-state index in [1.165, 1.54) is 0 Å². The van der Waals surface area contributed by atoms with Crippen molar-refractivity contribution < 1.29 is 22.6 Å². The Morgan fingerprint density at radius 2 is 1.18 bits per heavy atom. The molecule has 0 saturated carbocycles. The summed E-state index contributed by atoms with van der Waals surface area (Å²) in [5, 5.41) is 14.8. The molecular weight excluding hydrogens is 304 g/mol. The zero-order chi connectivity index (χ0) is 8.08. The van der Waals surface area contributed by atoms with Gasteiger partial charge in [-0.15, -0.1) is 0 Å². The van der Waals surface area contributed by atoms with E-state index in [0.717, 1.165) is 0 Å². The Kier molecular flexibility index (Phi) is 21.3. The first-order valence-electron chi connectivity index (χ1n) is 1.25. The summed E-state index contributed by atoms with van der Waals surface area (Å²) in [6.45, 7) is 0. The summed E-state index contributed by atoms with van der Waals surface area (Å²) in [6, 6.07) is 0. The normalized spacial score (nSPS) is 7.45. The summed E-state index contributed by atoms with van der Waals surface area (Å²) in [4.78, 5) is 8.25. The predicted molar refractivity (Wildman–Crippen MR) is 43.0 cm³/mol. The molecule has 0 heterocycles. The third-order valence-electron chi connectivity index (χ3n) is 0. The molecule has 0 aliphatic carbocycles. The zero-order valence-electron chi connectivity index (χ0n) is 4.50. The fourth-order valence-electron chi connectivity index (χ4n) is 0. The Bertz CT molecular complexity index is 161. The molecule has 0 saturated heterocycles. The van der Waals surface area contributed by atoms with Crippen LogP contribution >= 0.6 is 0 Å². The van der Waals surface area contributed by atoms with Gasteiger partial charge in [-0.1, -0.05) is 0 Å². The summed E-state index contributed by atoms with van der Waals surface area (Å²) >= 11 is 0. The Hall–Kier alpha value is 0.401. The van der Waals surface area contributed by atoms with E-state index in [-0.39, 0.29) is 41.3 Å². The molecule has 2 radical (unpaired) electrons. The van der Waals surface area contributed by atoms with Gasteiger partial charge in [0.25, 0.3) is 0 Å². The second-order valence-electron chi connectivity index (χ2n) is 0.671. The molecule has 0 bridgehead atoms. The molecule has 0 unspecified atom stereocenters. The van der Waals surface area contributed by atoms with Crippen molar-refractivity contribution in [1.29, 1.82) is 0 Å². The molecule has 11 heteroatoms. The molecule has 0 atom stereocenters. The average Bonchev–Trinajstić information content (AvgIpc) is 1.19. The molecule has 0 rings (SSSR count). The van der Waals surface area contributed by atoms with Crippen molar-refractivity contribution in [2.75, 3.05) is 0 Å².